The van der Waals surface area contributed by atoms with E-state index >= 15 is 0 Å². The average molecular weight is 414 g/mol. The molecule has 0 bridgehead atoms. The van der Waals surface area contributed by atoms with Gasteiger partial charge in [-0.1, -0.05) is 12.1 Å². The maximum Gasteiger partial charge on any atom is 0.410 e. The molecule has 3 rings (SSSR count). The Kier molecular flexibility index (Phi) is 5.71. The molecule has 2 heterocycles. The van der Waals surface area contributed by atoms with E-state index in [0.717, 1.165) is 0 Å². The van der Waals surface area contributed by atoms with Gasteiger partial charge in [0, 0.05) is 26.2 Å². The fraction of sp³-hybridized carbons (Fsp3) is 0.632. The molecule has 0 saturated carbocycles. The largest absolute Gasteiger partial charge is 0.444 e. The third-order valence-corrected chi connectivity index (χ3v) is 6.43. The number of amides is 1. The number of carbonyl (C=O) groups is 1. The zero-order chi connectivity index (χ0) is 20.6. The molecule has 2 aliphatic heterocycles. The van der Waals surface area contributed by atoms with Gasteiger partial charge >= 0.3 is 6.09 Å². The molecule has 0 radical (unpaired) electrons. The topological polar surface area (TPSA) is 76.2 Å². The SMILES string of the molecule is CC(C)(C)OC(=O)N1CCC2(CC1)CN(Cc1ccc(F)cc1)S(=O)(=O)CO2. The van der Waals surface area contributed by atoms with Crippen molar-refractivity contribution in [3.63, 3.8) is 0 Å². The molecule has 0 aromatic heterocycles. The maximum atomic E-state index is 13.1. The highest BCUT2D eigenvalue weighted by Gasteiger charge is 2.46. The van der Waals surface area contributed by atoms with E-state index in [-0.39, 0.29) is 30.9 Å². The summed E-state index contributed by atoms with van der Waals surface area (Å²) >= 11 is 0. The number of likely N-dealkylation sites (tertiary alicyclic amines) is 1. The van der Waals surface area contributed by atoms with Crippen molar-refractivity contribution in [1.29, 1.82) is 0 Å². The Morgan fingerprint density at radius 1 is 1.21 bits per heavy atom. The van der Waals surface area contributed by atoms with Crippen LogP contribution in [0.2, 0.25) is 0 Å². The molecule has 1 spiro atoms. The van der Waals surface area contributed by atoms with Crippen molar-refractivity contribution in [3.05, 3.63) is 35.6 Å². The zero-order valence-electron chi connectivity index (χ0n) is 16.5. The lowest BCUT2D eigenvalue weighted by Crippen LogP contribution is -2.58. The molecule has 9 heteroatoms. The zero-order valence-corrected chi connectivity index (χ0v) is 17.3. The molecular formula is C19H27FN2O5S. The highest BCUT2D eigenvalue weighted by atomic mass is 32.2. The van der Waals surface area contributed by atoms with Crippen LogP contribution in [-0.2, 0) is 26.0 Å². The molecule has 0 N–H and O–H groups in total. The number of ether oxygens (including phenoxy) is 2. The summed E-state index contributed by atoms with van der Waals surface area (Å²) in [5.41, 5.74) is -0.467. The van der Waals surface area contributed by atoms with Gasteiger partial charge in [-0.3, -0.25) is 0 Å². The monoisotopic (exact) mass is 414 g/mol. The second-order valence-corrected chi connectivity index (χ2v) is 10.3. The molecule has 1 aromatic rings. The van der Waals surface area contributed by atoms with Crippen LogP contribution in [0.1, 0.15) is 39.2 Å². The van der Waals surface area contributed by atoms with Gasteiger partial charge in [0.15, 0.2) is 5.94 Å². The average Bonchev–Trinajstić information content (AvgIpc) is 2.60. The second kappa shape index (κ2) is 7.61. The Morgan fingerprint density at radius 3 is 2.39 bits per heavy atom. The second-order valence-electron chi connectivity index (χ2n) is 8.42. The standard InChI is InChI=1S/C19H27FN2O5S/c1-18(2,3)27-17(23)21-10-8-19(9-11-21)13-22(28(24,25)14-26-19)12-15-4-6-16(20)7-5-15/h4-7H,8-14H2,1-3H3. The summed E-state index contributed by atoms with van der Waals surface area (Å²) in [5.74, 6) is -0.750. The van der Waals surface area contributed by atoms with Gasteiger partial charge in [-0.15, -0.1) is 0 Å². The molecule has 28 heavy (non-hydrogen) atoms. The van der Waals surface area contributed by atoms with Crippen LogP contribution in [0.3, 0.4) is 0 Å². The summed E-state index contributed by atoms with van der Waals surface area (Å²) in [7, 11) is -3.55. The number of halogens is 1. The van der Waals surface area contributed by atoms with Crippen molar-refractivity contribution >= 4 is 16.1 Å². The van der Waals surface area contributed by atoms with Crippen LogP contribution < -0.4 is 0 Å². The lowest BCUT2D eigenvalue weighted by Gasteiger charge is -2.46. The van der Waals surface area contributed by atoms with Crippen molar-refractivity contribution in [3.8, 4) is 0 Å². The molecule has 156 valence electrons. The fourth-order valence-corrected chi connectivity index (χ4v) is 4.74. The van der Waals surface area contributed by atoms with E-state index < -0.39 is 21.2 Å². The Hall–Kier alpha value is -1.71. The predicted octanol–water partition coefficient (Wildman–Crippen LogP) is 2.71. The fourth-order valence-electron chi connectivity index (χ4n) is 3.41. The normalized spacial score (nSPS) is 22.2. The van der Waals surface area contributed by atoms with E-state index in [0.29, 0.717) is 31.5 Å². The highest BCUT2D eigenvalue weighted by molar-refractivity contribution is 7.88. The summed E-state index contributed by atoms with van der Waals surface area (Å²) in [4.78, 5) is 13.9. The van der Waals surface area contributed by atoms with Gasteiger partial charge in [-0.2, -0.15) is 4.31 Å². The minimum atomic E-state index is -3.55. The quantitative estimate of drug-likeness (QED) is 0.744. The van der Waals surface area contributed by atoms with Gasteiger partial charge in [0.25, 0.3) is 0 Å². The van der Waals surface area contributed by atoms with Crippen LogP contribution in [0, 0.1) is 5.82 Å². The third-order valence-electron chi connectivity index (χ3n) is 4.97. The number of hydrogen-bond acceptors (Lipinski definition) is 5. The highest BCUT2D eigenvalue weighted by Crippen LogP contribution is 2.33. The minimum Gasteiger partial charge on any atom is -0.444 e. The molecule has 1 aromatic carbocycles. The van der Waals surface area contributed by atoms with E-state index in [1.54, 1.807) is 17.0 Å². The van der Waals surface area contributed by atoms with Crippen LogP contribution in [0.5, 0.6) is 0 Å². The maximum absolute atomic E-state index is 13.1. The van der Waals surface area contributed by atoms with E-state index in [1.807, 2.05) is 20.8 Å². The predicted molar refractivity (Wildman–Crippen MR) is 101 cm³/mol. The van der Waals surface area contributed by atoms with E-state index in [4.69, 9.17) is 9.47 Å². The number of rotatable bonds is 2. The molecule has 2 fully saturated rings. The number of carbonyl (C=O) groups excluding carboxylic acids is 1. The summed E-state index contributed by atoms with van der Waals surface area (Å²) < 4.78 is 50.6. The van der Waals surface area contributed by atoms with Gasteiger partial charge in [-0.05, 0) is 51.3 Å². The van der Waals surface area contributed by atoms with Crippen LogP contribution in [0.15, 0.2) is 24.3 Å². The Morgan fingerprint density at radius 2 is 1.82 bits per heavy atom. The van der Waals surface area contributed by atoms with Gasteiger partial charge < -0.3 is 14.4 Å². The van der Waals surface area contributed by atoms with Crippen molar-refractivity contribution < 1.29 is 27.1 Å². The first kappa shape index (κ1) is 21.0. The molecule has 2 saturated heterocycles. The smallest absolute Gasteiger partial charge is 0.410 e. The first-order valence-corrected chi connectivity index (χ1v) is 10.9. The molecule has 7 nitrogen and oxygen atoms in total. The van der Waals surface area contributed by atoms with Gasteiger partial charge in [0.05, 0.1) is 5.60 Å². The van der Waals surface area contributed by atoms with Crippen LogP contribution in [-0.4, -0.2) is 60.5 Å². The number of benzene rings is 1. The van der Waals surface area contributed by atoms with Crippen molar-refractivity contribution in [1.82, 2.24) is 9.21 Å². The van der Waals surface area contributed by atoms with Gasteiger partial charge in [0.2, 0.25) is 10.0 Å². The lowest BCUT2D eigenvalue weighted by molar-refractivity contribution is -0.0889. The molecule has 2 aliphatic rings. The molecule has 1 amide bonds. The molecule has 0 unspecified atom stereocenters. The van der Waals surface area contributed by atoms with Crippen molar-refractivity contribution in [2.45, 2.75) is 51.4 Å². The molecular weight excluding hydrogens is 387 g/mol. The Bertz CT molecular complexity index is 812. The summed E-state index contributed by atoms with van der Waals surface area (Å²) in [6.45, 7) is 6.73. The van der Waals surface area contributed by atoms with Crippen LogP contribution >= 0.6 is 0 Å². The third kappa shape index (κ3) is 5.01. The molecule has 0 atom stereocenters. The van der Waals surface area contributed by atoms with Crippen LogP contribution in [0.4, 0.5) is 9.18 Å². The Labute approximate surface area is 165 Å². The van der Waals surface area contributed by atoms with Crippen LogP contribution in [0.25, 0.3) is 0 Å². The Balaban J connectivity index is 1.65. The lowest BCUT2D eigenvalue weighted by atomic mass is 9.91. The minimum absolute atomic E-state index is 0.170. The first-order chi connectivity index (χ1) is 13.0. The van der Waals surface area contributed by atoms with Crippen molar-refractivity contribution in [2.75, 3.05) is 25.6 Å². The summed E-state index contributed by atoms with van der Waals surface area (Å²) in [6.07, 6.45) is 0.692. The number of hydrogen-bond donors (Lipinski definition) is 0. The van der Waals surface area contributed by atoms with E-state index in [9.17, 15) is 17.6 Å². The van der Waals surface area contributed by atoms with E-state index in [1.165, 1.54) is 16.4 Å². The molecule has 0 aliphatic carbocycles. The van der Waals surface area contributed by atoms with Gasteiger partial charge in [0.1, 0.15) is 11.4 Å². The van der Waals surface area contributed by atoms with E-state index in [2.05, 4.69) is 0 Å². The van der Waals surface area contributed by atoms with Crippen molar-refractivity contribution in [2.24, 2.45) is 0 Å². The number of piperidine rings is 1. The number of nitrogens with zero attached hydrogens (tertiary/aromatic N) is 2. The first-order valence-electron chi connectivity index (χ1n) is 9.32. The van der Waals surface area contributed by atoms with Gasteiger partial charge in [-0.25, -0.2) is 17.6 Å². The summed E-state index contributed by atoms with van der Waals surface area (Å²) in [6, 6.07) is 5.80. The summed E-state index contributed by atoms with van der Waals surface area (Å²) in [5, 5.41) is 0. The number of sulfonamides is 1.